The van der Waals surface area contributed by atoms with E-state index in [2.05, 4.69) is 20.8 Å². The van der Waals surface area contributed by atoms with Gasteiger partial charge in [-0.25, -0.2) is 0 Å². The van der Waals surface area contributed by atoms with Crippen LogP contribution in [-0.4, -0.2) is 37.6 Å². The Labute approximate surface area is 229 Å². The standard InChI is InChI=1S/C32H35NO6/c1-7-18-39-23-11-8-10-22(19-23)33-28(20-14-16-21(17-15-20)32(2,3)4)27(30(35)31(33)36)29(34)26-24(37-5)12-9-13-25(26)38-6/h8-17,19,28,34H,7,18H2,1-6H3/b29-27+. The predicted molar refractivity (Wildman–Crippen MR) is 152 cm³/mol. The lowest BCUT2D eigenvalue weighted by molar-refractivity contribution is -0.132. The molecule has 39 heavy (non-hydrogen) atoms. The van der Waals surface area contributed by atoms with Crippen LogP contribution in [0.2, 0.25) is 0 Å². The van der Waals surface area contributed by atoms with Crippen LogP contribution < -0.4 is 19.1 Å². The molecule has 1 unspecified atom stereocenters. The van der Waals surface area contributed by atoms with Gasteiger partial charge in [0.25, 0.3) is 11.7 Å². The first-order chi connectivity index (χ1) is 18.6. The molecular weight excluding hydrogens is 494 g/mol. The fourth-order valence-corrected chi connectivity index (χ4v) is 4.74. The number of anilines is 1. The number of hydrogen-bond donors (Lipinski definition) is 1. The molecule has 0 aliphatic carbocycles. The summed E-state index contributed by atoms with van der Waals surface area (Å²) >= 11 is 0. The van der Waals surface area contributed by atoms with E-state index in [0.717, 1.165) is 12.0 Å². The first kappa shape index (κ1) is 27.8. The van der Waals surface area contributed by atoms with Crippen LogP contribution in [0.5, 0.6) is 17.2 Å². The van der Waals surface area contributed by atoms with Crippen LogP contribution in [0, 0.1) is 0 Å². The van der Waals surface area contributed by atoms with Crippen molar-refractivity contribution in [2.45, 2.75) is 45.6 Å². The molecule has 3 aromatic carbocycles. The molecule has 204 valence electrons. The second-order valence-electron chi connectivity index (χ2n) is 10.4. The molecule has 1 aliphatic rings. The Morgan fingerprint density at radius 2 is 1.54 bits per heavy atom. The number of amides is 1. The van der Waals surface area contributed by atoms with Crippen molar-refractivity contribution in [1.29, 1.82) is 0 Å². The number of aliphatic hydroxyl groups is 1. The minimum atomic E-state index is -0.893. The van der Waals surface area contributed by atoms with Gasteiger partial charge in [0.05, 0.1) is 32.4 Å². The highest BCUT2D eigenvalue weighted by Gasteiger charge is 2.47. The third-order valence-corrected chi connectivity index (χ3v) is 6.77. The van der Waals surface area contributed by atoms with E-state index >= 15 is 0 Å². The van der Waals surface area contributed by atoms with E-state index in [1.54, 1.807) is 36.4 Å². The fraction of sp³-hybridized carbons (Fsp3) is 0.312. The smallest absolute Gasteiger partial charge is 0.300 e. The molecule has 0 radical (unpaired) electrons. The van der Waals surface area contributed by atoms with Gasteiger partial charge in [0, 0.05) is 11.8 Å². The first-order valence-electron chi connectivity index (χ1n) is 13.0. The summed E-state index contributed by atoms with van der Waals surface area (Å²) in [5.74, 6) is -0.698. The zero-order valence-electron chi connectivity index (χ0n) is 23.3. The molecule has 7 heteroatoms. The average Bonchev–Trinajstić information content (AvgIpc) is 3.20. The van der Waals surface area contributed by atoms with E-state index in [1.807, 2.05) is 37.3 Å². The zero-order chi connectivity index (χ0) is 28.3. The van der Waals surface area contributed by atoms with Crippen molar-refractivity contribution in [2.24, 2.45) is 0 Å². The molecule has 1 N–H and O–H groups in total. The molecule has 1 amide bonds. The van der Waals surface area contributed by atoms with Crippen molar-refractivity contribution < 1.29 is 28.9 Å². The number of benzene rings is 3. The van der Waals surface area contributed by atoms with Gasteiger partial charge in [-0.15, -0.1) is 0 Å². The topological polar surface area (TPSA) is 85.3 Å². The van der Waals surface area contributed by atoms with Crippen LogP contribution in [0.1, 0.15) is 56.8 Å². The normalized spacial score (nSPS) is 16.9. The Hall–Kier alpha value is -4.26. The summed E-state index contributed by atoms with van der Waals surface area (Å²) in [5, 5.41) is 11.7. The highest BCUT2D eigenvalue weighted by Crippen LogP contribution is 2.45. The Morgan fingerprint density at radius 3 is 2.10 bits per heavy atom. The summed E-state index contributed by atoms with van der Waals surface area (Å²) in [7, 11) is 2.93. The number of carbonyl (C=O) groups excluding carboxylic acids is 2. The van der Waals surface area contributed by atoms with E-state index < -0.39 is 17.7 Å². The van der Waals surface area contributed by atoms with Gasteiger partial charge < -0.3 is 19.3 Å². The Bertz CT molecular complexity index is 1380. The lowest BCUT2D eigenvalue weighted by Gasteiger charge is -2.27. The number of ether oxygens (including phenoxy) is 3. The van der Waals surface area contributed by atoms with Gasteiger partial charge >= 0.3 is 0 Å². The van der Waals surface area contributed by atoms with Crippen molar-refractivity contribution >= 4 is 23.1 Å². The third-order valence-electron chi connectivity index (χ3n) is 6.77. The second kappa shape index (κ2) is 11.2. The molecule has 4 rings (SSSR count). The summed E-state index contributed by atoms with van der Waals surface area (Å²) in [5.41, 5.74) is 2.34. The van der Waals surface area contributed by atoms with E-state index in [9.17, 15) is 14.7 Å². The van der Waals surface area contributed by atoms with Crippen molar-refractivity contribution in [3.05, 3.63) is 89.0 Å². The number of nitrogens with zero attached hydrogens (tertiary/aromatic N) is 1. The number of hydrogen-bond acceptors (Lipinski definition) is 6. The summed E-state index contributed by atoms with van der Waals surface area (Å²) in [6.45, 7) is 8.88. The quantitative estimate of drug-likeness (QED) is 0.206. The Balaban J connectivity index is 1.96. The predicted octanol–water partition coefficient (Wildman–Crippen LogP) is 6.42. The molecule has 7 nitrogen and oxygen atoms in total. The van der Waals surface area contributed by atoms with Crippen LogP contribution in [0.4, 0.5) is 5.69 Å². The van der Waals surface area contributed by atoms with Crippen LogP contribution >= 0.6 is 0 Å². The van der Waals surface area contributed by atoms with E-state index in [0.29, 0.717) is 35.1 Å². The van der Waals surface area contributed by atoms with E-state index in [4.69, 9.17) is 14.2 Å². The van der Waals surface area contributed by atoms with Crippen LogP contribution in [0.25, 0.3) is 5.76 Å². The van der Waals surface area contributed by atoms with Crippen LogP contribution in [-0.2, 0) is 15.0 Å². The SMILES string of the molecule is CCCOc1cccc(N2C(=O)C(=O)/C(=C(/O)c3c(OC)cccc3OC)C2c2ccc(C(C)(C)C)cc2)c1. The minimum Gasteiger partial charge on any atom is -0.506 e. The maximum Gasteiger partial charge on any atom is 0.300 e. The summed E-state index contributed by atoms with van der Waals surface area (Å²) in [6, 6.07) is 19.0. The van der Waals surface area contributed by atoms with Crippen molar-refractivity contribution in [3.63, 3.8) is 0 Å². The van der Waals surface area contributed by atoms with Gasteiger partial charge in [0.15, 0.2) is 0 Å². The first-order valence-corrected chi connectivity index (χ1v) is 13.0. The molecule has 1 saturated heterocycles. The van der Waals surface area contributed by atoms with Gasteiger partial charge in [-0.05, 0) is 47.2 Å². The molecule has 1 heterocycles. The minimum absolute atomic E-state index is 0.0498. The molecule has 0 saturated carbocycles. The summed E-state index contributed by atoms with van der Waals surface area (Å²) < 4.78 is 16.8. The van der Waals surface area contributed by atoms with Crippen LogP contribution in [0.3, 0.4) is 0 Å². The Morgan fingerprint density at radius 1 is 0.923 bits per heavy atom. The summed E-state index contributed by atoms with van der Waals surface area (Å²) in [6.07, 6.45) is 0.829. The summed E-state index contributed by atoms with van der Waals surface area (Å²) in [4.78, 5) is 28.7. The van der Waals surface area contributed by atoms with E-state index in [1.165, 1.54) is 19.1 Å². The molecule has 0 aromatic heterocycles. The largest absolute Gasteiger partial charge is 0.506 e. The average molecular weight is 530 g/mol. The zero-order valence-corrected chi connectivity index (χ0v) is 23.3. The maximum atomic E-state index is 13.6. The van der Waals surface area contributed by atoms with Crippen LogP contribution in [0.15, 0.2) is 72.3 Å². The number of ketones is 1. The third kappa shape index (κ3) is 5.35. The van der Waals surface area contributed by atoms with E-state index in [-0.39, 0.29) is 22.3 Å². The van der Waals surface area contributed by atoms with Gasteiger partial charge in [-0.2, -0.15) is 0 Å². The number of rotatable bonds is 8. The Kier molecular flexibility index (Phi) is 8.00. The molecular formula is C32H35NO6. The number of methoxy groups -OCH3 is 2. The lowest BCUT2D eigenvalue weighted by atomic mass is 9.85. The highest BCUT2D eigenvalue weighted by atomic mass is 16.5. The monoisotopic (exact) mass is 529 g/mol. The van der Waals surface area contributed by atoms with Crippen molar-refractivity contribution in [1.82, 2.24) is 0 Å². The number of Topliss-reactive ketones (excluding diaryl/α,β-unsaturated/α-hetero) is 1. The lowest BCUT2D eigenvalue weighted by Crippen LogP contribution is -2.29. The second-order valence-corrected chi connectivity index (χ2v) is 10.4. The fourth-order valence-electron chi connectivity index (χ4n) is 4.74. The molecule has 0 spiro atoms. The van der Waals surface area contributed by atoms with Gasteiger partial charge in [-0.1, -0.05) is 64.1 Å². The number of aliphatic hydroxyl groups excluding tert-OH is 1. The van der Waals surface area contributed by atoms with Gasteiger partial charge in [0.2, 0.25) is 0 Å². The van der Waals surface area contributed by atoms with Gasteiger partial charge in [0.1, 0.15) is 28.6 Å². The molecule has 3 aromatic rings. The molecule has 1 atom stereocenters. The highest BCUT2D eigenvalue weighted by molar-refractivity contribution is 6.51. The molecule has 1 fully saturated rings. The number of carbonyl (C=O) groups is 2. The van der Waals surface area contributed by atoms with Crippen molar-refractivity contribution in [2.75, 3.05) is 25.7 Å². The molecule has 0 bridgehead atoms. The van der Waals surface area contributed by atoms with Crippen molar-refractivity contribution in [3.8, 4) is 17.2 Å². The van der Waals surface area contributed by atoms with Gasteiger partial charge in [-0.3, -0.25) is 14.5 Å². The maximum absolute atomic E-state index is 13.6. The molecule has 1 aliphatic heterocycles.